The Hall–Kier alpha value is -2.76. The standard InChI is InChI=1S/C20H25N5O/c1-13(2)12-17(24-20(26)16-8-5-6-10-21-16)19-23-15-9-7-11-22-18(15)25(19)14(3)4/h5-11,13-14,17H,12H2,1-4H3,(H,24,26). The van der Waals surface area contributed by atoms with E-state index in [1.807, 2.05) is 18.2 Å². The van der Waals surface area contributed by atoms with Crippen molar-refractivity contribution in [3.8, 4) is 0 Å². The number of nitrogens with one attached hydrogen (secondary N) is 1. The van der Waals surface area contributed by atoms with Gasteiger partial charge >= 0.3 is 0 Å². The van der Waals surface area contributed by atoms with Gasteiger partial charge in [-0.3, -0.25) is 9.78 Å². The number of rotatable bonds is 6. The summed E-state index contributed by atoms with van der Waals surface area (Å²) in [6.45, 7) is 8.49. The molecule has 0 aromatic carbocycles. The molecule has 1 N–H and O–H groups in total. The Morgan fingerprint density at radius 1 is 1.08 bits per heavy atom. The third-order valence-electron chi connectivity index (χ3n) is 4.21. The van der Waals surface area contributed by atoms with Crippen LogP contribution in [0.2, 0.25) is 0 Å². The van der Waals surface area contributed by atoms with E-state index in [4.69, 9.17) is 4.98 Å². The highest BCUT2D eigenvalue weighted by Gasteiger charge is 2.25. The minimum atomic E-state index is -0.207. The summed E-state index contributed by atoms with van der Waals surface area (Å²) in [5.41, 5.74) is 2.10. The number of hydrogen-bond donors (Lipinski definition) is 1. The van der Waals surface area contributed by atoms with Crippen molar-refractivity contribution in [3.63, 3.8) is 0 Å². The largest absolute Gasteiger partial charge is 0.341 e. The molecule has 6 nitrogen and oxygen atoms in total. The molecule has 0 spiro atoms. The van der Waals surface area contributed by atoms with E-state index >= 15 is 0 Å². The molecule has 3 heterocycles. The fraction of sp³-hybridized carbons (Fsp3) is 0.400. The Morgan fingerprint density at radius 3 is 2.50 bits per heavy atom. The zero-order valence-corrected chi connectivity index (χ0v) is 15.7. The summed E-state index contributed by atoms with van der Waals surface area (Å²) in [5.74, 6) is 1.05. The van der Waals surface area contributed by atoms with Crippen LogP contribution in [0.1, 0.15) is 62.5 Å². The summed E-state index contributed by atoms with van der Waals surface area (Å²) in [7, 11) is 0. The SMILES string of the molecule is CC(C)CC(NC(=O)c1ccccn1)c1nc2cccnc2n1C(C)C. The number of hydrogen-bond acceptors (Lipinski definition) is 4. The van der Waals surface area contributed by atoms with E-state index in [1.165, 1.54) is 0 Å². The normalized spacial score (nSPS) is 12.7. The third-order valence-corrected chi connectivity index (χ3v) is 4.21. The number of carbonyl (C=O) groups excluding carboxylic acids is 1. The first-order chi connectivity index (χ1) is 12.5. The molecule has 0 fully saturated rings. The Labute approximate surface area is 153 Å². The maximum Gasteiger partial charge on any atom is 0.270 e. The molecule has 3 aromatic heterocycles. The van der Waals surface area contributed by atoms with Crippen molar-refractivity contribution >= 4 is 17.1 Å². The van der Waals surface area contributed by atoms with Gasteiger partial charge in [-0.15, -0.1) is 0 Å². The van der Waals surface area contributed by atoms with Gasteiger partial charge in [0.25, 0.3) is 5.91 Å². The van der Waals surface area contributed by atoms with E-state index in [1.54, 1.807) is 24.5 Å². The number of carbonyl (C=O) groups is 1. The van der Waals surface area contributed by atoms with Crippen molar-refractivity contribution in [3.05, 3.63) is 54.2 Å². The average Bonchev–Trinajstić information content (AvgIpc) is 3.01. The van der Waals surface area contributed by atoms with E-state index in [0.29, 0.717) is 11.6 Å². The van der Waals surface area contributed by atoms with Crippen molar-refractivity contribution in [2.75, 3.05) is 0 Å². The molecule has 0 saturated carbocycles. The molecule has 0 aliphatic heterocycles. The van der Waals surface area contributed by atoms with E-state index in [-0.39, 0.29) is 18.0 Å². The number of nitrogens with zero attached hydrogens (tertiary/aromatic N) is 4. The van der Waals surface area contributed by atoms with Crippen molar-refractivity contribution in [1.82, 2.24) is 24.8 Å². The first-order valence-corrected chi connectivity index (χ1v) is 9.02. The van der Waals surface area contributed by atoms with Crippen LogP contribution in [0.25, 0.3) is 11.2 Å². The Kier molecular flexibility index (Phi) is 5.30. The van der Waals surface area contributed by atoms with Gasteiger partial charge in [0.1, 0.15) is 17.0 Å². The highest BCUT2D eigenvalue weighted by molar-refractivity contribution is 5.92. The van der Waals surface area contributed by atoms with Crippen LogP contribution in [-0.2, 0) is 0 Å². The Balaban J connectivity index is 2.01. The summed E-state index contributed by atoms with van der Waals surface area (Å²) in [4.78, 5) is 26.1. The molecule has 0 radical (unpaired) electrons. The molecular formula is C20H25N5O. The smallest absolute Gasteiger partial charge is 0.270 e. The minimum Gasteiger partial charge on any atom is -0.341 e. The maximum atomic E-state index is 12.7. The number of pyridine rings is 2. The molecule has 3 aromatic rings. The Morgan fingerprint density at radius 2 is 1.85 bits per heavy atom. The molecule has 1 atom stereocenters. The van der Waals surface area contributed by atoms with Crippen LogP contribution >= 0.6 is 0 Å². The van der Waals surface area contributed by atoms with Crippen LogP contribution in [0, 0.1) is 5.92 Å². The average molecular weight is 351 g/mol. The van der Waals surface area contributed by atoms with Gasteiger partial charge in [0.2, 0.25) is 0 Å². The topological polar surface area (TPSA) is 72.7 Å². The number of fused-ring (bicyclic) bond motifs is 1. The highest BCUT2D eigenvalue weighted by atomic mass is 16.1. The van der Waals surface area contributed by atoms with Crippen LogP contribution in [0.5, 0.6) is 0 Å². The second-order valence-electron chi connectivity index (χ2n) is 7.15. The monoisotopic (exact) mass is 351 g/mol. The van der Waals surface area contributed by atoms with Gasteiger partial charge in [-0.1, -0.05) is 19.9 Å². The number of amides is 1. The molecular weight excluding hydrogens is 326 g/mol. The van der Waals surface area contributed by atoms with E-state index in [0.717, 1.165) is 23.4 Å². The fourth-order valence-electron chi connectivity index (χ4n) is 3.13. The molecule has 136 valence electrons. The summed E-state index contributed by atoms with van der Waals surface area (Å²) in [6, 6.07) is 9.14. The van der Waals surface area contributed by atoms with Crippen LogP contribution in [0.3, 0.4) is 0 Å². The summed E-state index contributed by atoms with van der Waals surface area (Å²) in [6.07, 6.45) is 4.19. The second-order valence-corrected chi connectivity index (χ2v) is 7.15. The second kappa shape index (κ2) is 7.64. The molecule has 0 aliphatic rings. The maximum absolute atomic E-state index is 12.7. The van der Waals surface area contributed by atoms with Crippen molar-refractivity contribution in [2.45, 2.75) is 46.2 Å². The van der Waals surface area contributed by atoms with Gasteiger partial charge in [-0.25, -0.2) is 9.97 Å². The lowest BCUT2D eigenvalue weighted by atomic mass is 10.0. The van der Waals surface area contributed by atoms with Crippen LogP contribution < -0.4 is 5.32 Å². The van der Waals surface area contributed by atoms with Gasteiger partial charge < -0.3 is 9.88 Å². The molecule has 1 amide bonds. The van der Waals surface area contributed by atoms with E-state index < -0.39 is 0 Å². The lowest BCUT2D eigenvalue weighted by Gasteiger charge is -2.23. The summed E-state index contributed by atoms with van der Waals surface area (Å²) < 4.78 is 2.11. The van der Waals surface area contributed by atoms with Crippen LogP contribution in [-0.4, -0.2) is 25.4 Å². The number of aromatic nitrogens is 4. The minimum absolute atomic E-state index is 0.186. The summed E-state index contributed by atoms with van der Waals surface area (Å²) >= 11 is 0. The van der Waals surface area contributed by atoms with Crippen molar-refractivity contribution in [2.24, 2.45) is 5.92 Å². The van der Waals surface area contributed by atoms with Gasteiger partial charge in [-0.2, -0.15) is 0 Å². The first kappa shape index (κ1) is 18.0. The van der Waals surface area contributed by atoms with Gasteiger partial charge in [0, 0.05) is 18.4 Å². The predicted octanol–water partition coefficient (Wildman–Crippen LogP) is 3.92. The van der Waals surface area contributed by atoms with Gasteiger partial charge in [-0.05, 0) is 50.5 Å². The summed E-state index contributed by atoms with van der Waals surface area (Å²) in [5, 5.41) is 3.12. The quantitative estimate of drug-likeness (QED) is 0.730. The fourth-order valence-corrected chi connectivity index (χ4v) is 3.13. The molecule has 1 unspecified atom stereocenters. The lowest BCUT2D eigenvalue weighted by Crippen LogP contribution is -2.32. The molecule has 0 aliphatic carbocycles. The molecule has 26 heavy (non-hydrogen) atoms. The van der Waals surface area contributed by atoms with Crippen LogP contribution in [0.15, 0.2) is 42.7 Å². The first-order valence-electron chi connectivity index (χ1n) is 9.02. The zero-order valence-electron chi connectivity index (χ0n) is 15.7. The van der Waals surface area contributed by atoms with Crippen LogP contribution in [0.4, 0.5) is 0 Å². The lowest BCUT2D eigenvalue weighted by molar-refractivity contribution is 0.0923. The molecule has 3 rings (SSSR count). The van der Waals surface area contributed by atoms with E-state index in [9.17, 15) is 4.79 Å². The van der Waals surface area contributed by atoms with Crippen molar-refractivity contribution in [1.29, 1.82) is 0 Å². The van der Waals surface area contributed by atoms with E-state index in [2.05, 4.69) is 47.5 Å². The van der Waals surface area contributed by atoms with Gasteiger partial charge in [0.05, 0.1) is 6.04 Å². The van der Waals surface area contributed by atoms with Gasteiger partial charge in [0.15, 0.2) is 5.65 Å². The number of imidazole rings is 1. The molecule has 0 saturated heterocycles. The molecule has 6 heteroatoms. The molecule has 0 bridgehead atoms. The zero-order chi connectivity index (χ0) is 18.7. The highest BCUT2D eigenvalue weighted by Crippen LogP contribution is 2.27. The Bertz CT molecular complexity index is 886. The third kappa shape index (κ3) is 3.74. The van der Waals surface area contributed by atoms with Crippen molar-refractivity contribution < 1.29 is 4.79 Å². The predicted molar refractivity (Wildman–Crippen MR) is 102 cm³/mol.